The Bertz CT molecular complexity index is 571. The number of nitrogens with one attached hydrogen (secondary N) is 1. The van der Waals surface area contributed by atoms with Gasteiger partial charge < -0.3 is 5.32 Å². The van der Waals surface area contributed by atoms with Crippen LogP contribution >= 0.6 is 23.4 Å². The highest BCUT2D eigenvalue weighted by Gasteiger charge is 2.12. The molecule has 0 aliphatic carbocycles. The van der Waals surface area contributed by atoms with Crippen molar-refractivity contribution in [3.05, 3.63) is 64.7 Å². The van der Waals surface area contributed by atoms with Gasteiger partial charge in [0.05, 0.1) is 5.02 Å². The summed E-state index contributed by atoms with van der Waals surface area (Å²) in [6.07, 6.45) is 1.07. The molecule has 0 amide bonds. The van der Waals surface area contributed by atoms with Gasteiger partial charge in [0, 0.05) is 16.7 Å². The van der Waals surface area contributed by atoms with Crippen LogP contribution in [0.5, 0.6) is 0 Å². The lowest BCUT2D eigenvalue weighted by molar-refractivity contribution is 0.605. The second-order valence-electron chi connectivity index (χ2n) is 4.95. The van der Waals surface area contributed by atoms with Crippen LogP contribution in [0.2, 0.25) is 5.02 Å². The van der Waals surface area contributed by atoms with E-state index in [1.54, 1.807) is 0 Å². The zero-order valence-corrected chi connectivity index (χ0v) is 14.2. The molecule has 1 N–H and O–H groups in total. The minimum atomic E-state index is 0.350. The van der Waals surface area contributed by atoms with Crippen LogP contribution < -0.4 is 5.32 Å². The first-order valence-corrected chi connectivity index (χ1v) is 8.80. The second kappa shape index (κ2) is 8.47. The Kier molecular flexibility index (Phi) is 6.62. The number of aryl methyl sites for hydroxylation is 1. The topological polar surface area (TPSA) is 12.0 Å². The van der Waals surface area contributed by atoms with Crippen molar-refractivity contribution in [1.29, 1.82) is 0 Å². The molecule has 21 heavy (non-hydrogen) atoms. The van der Waals surface area contributed by atoms with Crippen molar-refractivity contribution in [2.45, 2.75) is 31.2 Å². The Morgan fingerprint density at radius 2 is 1.90 bits per heavy atom. The van der Waals surface area contributed by atoms with Gasteiger partial charge in [0.1, 0.15) is 0 Å². The molecule has 0 aliphatic rings. The normalized spacial score (nSPS) is 12.3. The zero-order valence-electron chi connectivity index (χ0n) is 12.6. The highest BCUT2D eigenvalue weighted by Crippen LogP contribution is 2.30. The van der Waals surface area contributed by atoms with E-state index in [0.29, 0.717) is 6.04 Å². The summed E-state index contributed by atoms with van der Waals surface area (Å²) in [4.78, 5) is 1.15. The van der Waals surface area contributed by atoms with Crippen LogP contribution in [0.15, 0.2) is 53.4 Å². The maximum Gasteiger partial charge on any atom is 0.0541 e. The van der Waals surface area contributed by atoms with Crippen LogP contribution in [0.25, 0.3) is 0 Å². The first kappa shape index (κ1) is 16.4. The third kappa shape index (κ3) is 4.77. The van der Waals surface area contributed by atoms with Gasteiger partial charge in [0.15, 0.2) is 0 Å². The highest BCUT2D eigenvalue weighted by molar-refractivity contribution is 7.99. The van der Waals surface area contributed by atoms with Gasteiger partial charge in [-0.25, -0.2) is 0 Å². The summed E-state index contributed by atoms with van der Waals surface area (Å²) in [7, 11) is 0. The summed E-state index contributed by atoms with van der Waals surface area (Å²) >= 11 is 8.05. The van der Waals surface area contributed by atoms with Gasteiger partial charge in [0.25, 0.3) is 0 Å². The van der Waals surface area contributed by atoms with Crippen LogP contribution in [-0.4, -0.2) is 12.3 Å². The highest BCUT2D eigenvalue weighted by atomic mass is 35.5. The summed E-state index contributed by atoms with van der Waals surface area (Å²) in [5, 5.41) is 4.41. The third-order valence-electron chi connectivity index (χ3n) is 3.45. The smallest absolute Gasteiger partial charge is 0.0541 e. The summed E-state index contributed by atoms with van der Waals surface area (Å²) in [5.74, 6) is 0.977. The van der Waals surface area contributed by atoms with Crippen LogP contribution in [0.4, 0.5) is 0 Å². The van der Waals surface area contributed by atoms with Crippen molar-refractivity contribution in [3.63, 3.8) is 0 Å². The van der Waals surface area contributed by atoms with E-state index in [4.69, 9.17) is 11.6 Å². The number of rotatable bonds is 7. The van der Waals surface area contributed by atoms with Crippen molar-refractivity contribution in [3.8, 4) is 0 Å². The van der Waals surface area contributed by atoms with Gasteiger partial charge in [-0.05, 0) is 36.2 Å². The maximum atomic E-state index is 6.24. The van der Waals surface area contributed by atoms with Crippen molar-refractivity contribution in [2.75, 3.05) is 12.3 Å². The number of thioether (sulfide) groups is 1. The molecule has 0 radical (unpaired) electrons. The summed E-state index contributed by atoms with van der Waals surface area (Å²) in [6, 6.07) is 17.2. The van der Waals surface area contributed by atoms with Gasteiger partial charge in [0.2, 0.25) is 0 Å². The van der Waals surface area contributed by atoms with Crippen molar-refractivity contribution in [2.24, 2.45) is 0 Å². The Labute approximate surface area is 137 Å². The maximum absolute atomic E-state index is 6.24. The molecule has 0 fully saturated rings. The molecular weight excluding hydrogens is 298 g/mol. The molecule has 0 bridgehead atoms. The molecule has 2 aromatic carbocycles. The third-order valence-corrected chi connectivity index (χ3v) is 5.06. The van der Waals surface area contributed by atoms with E-state index in [-0.39, 0.29) is 0 Å². The van der Waals surface area contributed by atoms with E-state index in [9.17, 15) is 0 Å². The summed E-state index contributed by atoms with van der Waals surface area (Å²) in [5.41, 5.74) is 2.74. The Morgan fingerprint density at radius 1 is 1.10 bits per heavy atom. The molecule has 0 saturated carbocycles. The molecule has 0 aliphatic heterocycles. The molecule has 112 valence electrons. The predicted octanol–water partition coefficient (Wildman–Crippen LogP) is 5.35. The Hall–Kier alpha value is -0.960. The van der Waals surface area contributed by atoms with E-state index in [0.717, 1.165) is 28.6 Å². The first-order valence-electron chi connectivity index (χ1n) is 7.44. The number of halogens is 1. The lowest BCUT2D eigenvalue weighted by Gasteiger charge is -2.19. The van der Waals surface area contributed by atoms with Crippen molar-refractivity contribution >= 4 is 23.4 Å². The van der Waals surface area contributed by atoms with Gasteiger partial charge >= 0.3 is 0 Å². The minimum absolute atomic E-state index is 0.350. The van der Waals surface area contributed by atoms with Gasteiger partial charge in [-0.1, -0.05) is 61.8 Å². The van der Waals surface area contributed by atoms with Crippen molar-refractivity contribution in [1.82, 2.24) is 5.32 Å². The average Bonchev–Trinajstić information content (AvgIpc) is 2.53. The number of hydrogen-bond donors (Lipinski definition) is 1. The first-order chi connectivity index (χ1) is 10.2. The molecule has 2 rings (SSSR count). The van der Waals surface area contributed by atoms with E-state index >= 15 is 0 Å². The molecule has 1 atom stereocenters. The fourth-order valence-electron chi connectivity index (χ4n) is 2.28. The van der Waals surface area contributed by atoms with Crippen LogP contribution in [0.1, 0.15) is 31.0 Å². The van der Waals surface area contributed by atoms with Gasteiger partial charge in [-0.3, -0.25) is 0 Å². The van der Waals surface area contributed by atoms with E-state index in [1.807, 2.05) is 30.0 Å². The lowest BCUT2D eigenvalue weighted by atomic mass is 10.0. The summed E-state index contributed by atoms with van der Waals surface area (Å²) in [6.45, 7) is 5.31. The molecule has 0 aromatic heterocycles. The van der Waals surface area contributed by atoms with E-state index in [1.165, 1.54) is 11.1 Å². The largest absolute Gasteiger partial charge is 0.309 e. The number of hydrogen-bond acceptors (Lipinski definition) is 2. The Morgan fingerprint density at radius 3 is 2.62 bits per heavy atom. The molecule has 2 aromatic rings. The van der Waals surface area contributed by atoms with Crippen LogP contribution in [0.3, 0.4) is 0 Å². The molecular formula is C18H22ClNS. The fourth-order valence-corrected chi connectivity index (χ4v) is 3.62. The van der Waals surface area contributed by atoms with Crippen LogP contribution in [-0.2, 0) is 6.42 Å². The van der Waals surface area contributed by atoms with Crippen LogP contribution in [0, 0.1) is 0 Å². The Balaban J connectivity index is 2.10. The minimum Gasteiger partial charge on any atom is -0.309 e. The van der Waals surface area contributed by atoms with E-state index in [2.05, 4.69) is 49.5 Å². The average molecular weight is 320 g/mol. The molecule has 0 spiro atoms. The number of benzene rings is 2. The molecule has 1 nitrogen and oxygen atoms in total. The molecule has 0 saturated heterocycles. The fraction of sp³-hybridized carbons (Fsp3) is 0.333. The lowest BCUT2D eigenvalue weighted by Crippen LogP contribution is -2.23. The second-order valence-corrected chi connectivity index (χ2v) is 6.42. The van der Waals surface area contributed by atoms with Crippen molar-refractivity contribution < 1.29 is 0 Å². The molecule has 3 heteroatoms. The molecule has 1 unspecified atom stereocenters. The quantitative estimate of drug-likeness (QED) is 0.691. The van der Waals surface area contributed by atoms with Gasteiger partial charge in [-0.2, -0.15) is 0 Å². The predicted molar refractivity (Wildman–Crippen MR) is 94.4 cm³/mol. The monoisotopic (exact) mass is 319 g/mol. The summed E-state index contributed by atoms with van der Waals surface area (Å²) < 4.78 is 0. The zero-order chi connectivity index (χ0) is 15.1. The standard InChI is InChI=1S/C18H22ClNS/c1-3-14-8-7-9-15(12-14)17(20-4-2)13-21-18-11-6-5-10-16(18)19/h5-12,17,20H,3-4,13H2,1-2H3. The SMILES string of the molecule is CCNC(CSc1ccccc1Cl)c1cccc(CC)c1. The van der Waals surface area contributed by atoms with Gasteiger partial charge in [-0.15, -0.1) is 11.8 Å². The van der Waals surface area contributed by atoms with E-state index < -0.39 is 0 Å². The molecule has 0 heterocycles.